The molecule has 0 saturated heterocycles. The second-order valence-electron chi connectivity index (χ2n) is 5.23. The number of hydrogen-bond donors (Lipinski definition) is 1. The molecule has 0 atom stereocenters. The van der Waals surface area contributed by atoms with E-state index in [1.54, 1.807) is 12.3 Å². The molecule has 1 aromatic heterocycles. The van der Waals surface area contributed by atoms with E-state index in [9.17, 15) is 14.9 Å². The van der Waals surface area contributed by atoms with E-state index in [1.165, 1.54) is 28.9 Å². The fraction of sp³-hybridized carbons (Fsp3) is 0.0588. The number of aromatic nitrogens is 2. The summed E-state index contributed by atoms with van der Waals surface area (Å²) in [5.41, 5.74) is 0.612. The SMILES string of the molecule is O=C(Nc1ccc([N+](=O)[O-])cc1)c1ccn(COc2ccc(Br)cc2)n1. The Kier molecular flexibility index (Phi) is 5.28. The van der Waals surface area contributed by atoms with Crippen molar-refractivity contribution >= 4 is 33.2 Å². The van der Waals surface area contributed by atoms with Gasteiger partial charge in [-0.25, -0.2) is 4.68 Å². The minimum atomic E-state index is -0.501. The van der Waals surface area contributed by atoms with Gasteiger partial charge in [-0.1, -0.05) is 15.9 Å². The van der Waals surface area contributed by atoms with Gasteiger partial charge in [0.2, 0.25) is 0 Å². The minimum Gasteiger partial charge on any atom is -0.471 e. The maximum atomic E-state index is 12.2. The van der Waals surface area contributed by atoms with Crippen molar-refractivity contribution in [1.29, 1.82) is 0 Å². The first-order valence-corrected chi connectivity index (χ1v) is 8.28. The lowest BCUT2D eigenvalue weighted by Crippen LogP contribution is -2.14. The van der Waals surface area contributed by atoms with E-state index >= 15 is 0 Å². The molecule has 8 nitrogen and oxygen atoms in total. The van der Waals surface area contributed by atoms with Gasteiger partial charge in [0.15, 0.2) is 12.4 Å². The van der Waals surface area contributed by atoms with E-state index in [1.807, 2.05) is 24.3 Å². The van der Waals surface area contributed by atoms with Crippen molar-refractivity contribution < 1.29 is 14.5 Å². The monoisotopic (exact) mass is 416 g/mol. The molecule has 26 heavy (non-hydrogen) atoms. The molecule has 0 spiro atoms. The van der Waals surface area contributed by atoms with Crippen molar-refractivity contribution in [3.8, 4) is 5.75 Å². The number of nitro groups is 1. The van der Waals surface area contributed by atoms with Crippen molar-refractivity contribution in [2.45, 2.75) is 6.73 Å². The molecule has 0 fully saturated rings. The second-order valence-corrected chi connectivity index (χ2v) is 6.14. The Morgan fingerprint density at radius 2 is 1.85 bits per heavy atom. The molecule has 0 aliphatic rings. The van der Waals surface area contributed by atoms with Crippen molar-refractivity contribution in [2.75, 3.05) is 5.32 Å². The van der Waals surface area contributed by atoms with E-state index in [0.717, 1.165) is 4.47 Å². The van der Waals surface area contributed by atoms with Crippen LogP contribution in [0.15, 0.2) is 65.3 Å². The number of anilines is 1. The third-order valence-electron chi connectivity index (χ3n) is 3.39. The van der Waals surface area contributed by atoms with E-state index < -0.39 is 10.8 Å². The molecule has 0 bridgehead atoms. The van der Waals surface area contributed by atoms with Crippen molar-refractivity contribution in [3.63, 3.8) is 0 Å². The van der Waals surface area contributed by atoms with Gasteiger partial charge in [0.05, 0.1) is 4.92 Å². The van der Waals surface area contributed by atoms with Gasteiger partial charge in [-0.05, 0) is 42.5 Å². The quantitative estimate of drug-likeness (QED) is 0.485. The Hall–Kier alpha value is -3.20. The smallest absolute Gasteiger partial charge is 0.276 e. The number of carbonyl (C=O) groups is 1. The molecule has 1 N–H and O–H groups in total. The number of carbonyl (C=O) groups excluding carboxylic acids is 1. The Morgan fingerprint density at radius 1 is 1.15 bits per heavy atom. The first-order chi connectivity index (χ1) is 12.5. The van der Waals surface area contributed by atoms with Crippen molar-refractivity contribution in [2.24, 2.45) is 0 Å². The number of amides is 1. The number of non-ortho nitro benzene ring substituents is 1. The lowest BCUT2D eigenvalue weighted by molar-refractivity contribution is -0.384. The fourth-order valence-corrected chi connectivity index (χ4v) is 2.35. The van der Waals surface area contributed by atoms with Gasteiger partial charge in [-0.3, -0.25) is 14.9 Å². The summed E-state index contributed by atoms with van der Waals surface area (Å²) in [5.74, 6) is 0.266. The Labute approximate surface area is 156 Å². The summed E-state index contributed by atoms with van der Waals surface area (Å²) in [5, 5.41) is 17.4. The maximum absolute atomic E-state index is 12.2. The number of benzene rings is 2. The summed E-state index contributed by atoms with van der Waals surface area (Å²) in [4.78, 5) is 22.3. The molecular weight excluding hydrogens is 404 g/mol. The predicted molar refractivity (Wildman–Crippen MR) is 98.0 cm³/mol. The Balaban J connectivity index is 1.58. The summed E-state index contributed by atoms with van der Waals surface area (Å²) in [7, 11) is 0. The molecule has 1 heterocycles. The van der Waals surface area contributed by atoms with Crippen LogP contribution in [0.5, 0.6) is 5.75 Å². The number of nitrogens with zero attached hydrogens (tertiary/aromatic N) is 3. The molecule has 2 aromatic carbocycles. The van der Waals surface area contributed by atoms with Gasteiger partial charge in [0.1, 0.15) is 5.75 Å². The predicted octanol–water partition coefficient (Wildman–Crippen LogP) is 3.84. The van der Waals surface area contributed by atoms with Crippen LogP contribution in [0, 0.1) is 10.1 Å². The first-order valence-electron chi connectivity index (χ1n) is 7.49. The summed E-state index contributed by atoms with van der Waals surface area (Å²) in [6.45, 7) is 0.159. The average Bonchev–Trinajstić information content (AvgIpc) is 3.11. The van der Waals surface area contributed by atoms with Crippen molar-refractivity contribution in [1.82, 2.24) is 9.78 Å². The number of nitro benzene ring substituents is 1. The zero-order chi connectivity index (χ0) is 18.5. The average molecular weight is 417 g/mol. The van der Waals surface area contributed by atoms with Crippen LogP contribution in [-0.2, 0) is 6.73 Å². The topological polar surface area (TPSA) is 99.3 Å². The van der Waals surface area contributed by atoms with Crippen LogP contribution in [0.4, 0.5) is 11.4 Å². The van der Waals surface area contributed by atoms with Crippen LogP contribution in [0.25, 0.3) is 0 Å². The molecule has 9 heteroatoms. The molecule has 0 aliphatic carbocycles. The lowest BCUT2D eigenvalue weighted by Gasteiger charge is -2.06. The van der Waals surface area contributed by atoms with E-state index in [0.29, 0.717) is 11.4 Å². The van der Waals surface area contributed by atoms with E-state index in [-0.39, 0.29) is 18.1 Å². The highest BCUT2D eigenvalue weighted by molar-refractivity contribution is 9.10. The lowest BCUT2D eigenvalue weighted by atomic mass is 10.3. The molecule has 3 rings (SSSR count). The van der Waals surface area contributed by atoms with E-state index in [4.69, 9.17) is 4.74 Å². The molecule has 0 radical (unpaired) electrons. The molecule has 1 amide bonds. The molecular formula is C17H13BrN4O4. The molecule has 0 aliphatic heterocycles. The van der Waals surface area contributed by atoms with Gasteiger partial charge < -0.3 is 10.1 Å². The van der Waals surface area contributed by atoms with Crippen LogP contribution in [-0.4, -0.2) is 20.6 Å². The summed E-state index contributed by atoms with van der Waals surface area (Å²) < 4.78 is 8.02. The molecule has 3 aromatic rings. The van der Waals surface area contributed by atoms with Gasteiger partial charge in [0, 0.05) is 28.5 Å². The van der Waals surface area contributed by atoms with Gasteiger partial charge >= 0.3 is 0 Å². The first kappa shape index (κ1) is 17.6. The summed E-state index contributed by atoms with van der Waals surface area (Å²) >= 11 is 3.35. The van der Waals surface area contributed by atoms with Gasteiger partial charge in [0.25, 0.3) is 11.6 Å². The largest absolute Gasteiger partial charge is 0.471 e. The van der Waals surface area contributed by atoms with Crippen LogP contribution >= 0.6 is 15.9 Å². The third-order valence-corrected chi connectivity index (χ3v) is 3.92. The second kappa shape index (κ2) is 7.79. The Bertz CT molecular complexity index is 923. The standard InChI is InChI=1S/C17H13BrN4O4/c18-12-1-7-15(8-2-12)26-11-21-10-9-16(20-21)17(23)19-13-3-5-14(6-4-13)22(24)25/h1-10H,11H2,(H,19,23). The third kappa shape index (κ3) is 4.45. The number of nitrogens with one attached hydrogen (secondary N) is 1. The highest BCUT2D eigenvalue weighted by Crippen LogP contribution is 2.17. The zero-order valence-electron chi connectivity index (χ0n) is 13.3. The maximum Gasteiger partial charge on any atom is 0.276 e. The van der Waals surface area contributed by atoms with Crippen molar-refractivity contribution in [3.05, 3.63) is 81.1 Å². The number of hydrogen-bond acceptors (Lipinski definition) is 5. The van der Waals surface area contributed by atoms with E-state index in [2.05, 4.69) is 26.3 Å². The number of halogens is 1. The highest BCUT2D eigenvalue weighted by atomic mass is 79.9. The van der Waals surface area contributed by atoms with Gasteiger partial charge in [-0.2, -0.15) is 5.10 Å². The molecule has 132 valence electrons. The van der Waals surface area contributed by atoms with Gasteiger partial charge in [-0.15, -0.1) is 0 Å². The number of rotatable bonds is 6. The Morgan fingerprint density at radius 3 is 2.50 bits per heavy atom. The normalized spacial score (nSPS) is 10.3. The summed E-state index contributed by atoms with van der Waals surface area (Å²) in [6, 6.07) is 14.5. The zero-order valence-corrected chi connectivity index (χ0v) is 14.9. The minimum absolute atomic E-state index is 0.0441. The highest BCUT2D eigenvalue weighted by Gasteiger charge is 2.11. The number of ether oxygens (including phenoxy) is 1. The summed E-state index contributed by atoms with van der Waals surface area (Å²) in [6.07, 6.45) is 1.63. The molecule has 0 unspecified atom stereocenters. The van der Waals surface area contributed by atoms with Crippen LogP contribution in [0.1, 0.15) is 10.5 Å². The molecule has 0 saturated carbocycles. The van der Waals surface area contributed by atoms with Crippen LogP contribution < -0.4 is 10.1 Å². The van der Waals surface area contributed by atoms with Crippen LogP contribution in [0.3, 0.4) is 0 Å². The van der Waals surface area contributed by atoms with Crippen LogP contribution in [0.2, 0.25) is 0 Å². The fourth-order valence-electron chi connectivity index (χ4n) is 2.09.